The van der Waals surface area contributed by atoms with Gasteiger partial charge in [0.1, 0.15) is 0 Å². The Kier molecular flexibility index (Phi) is 4.29. The minimum absolute atomic E-state index is 0.0376. The van der Waals surface area contributed by atoms with Crippen molar-refractivity contribution in [3.05, 3.63) is 85.0 Å². The first-order valence-corrected chi connectivity index (χ1v) is 8.99. The Morgan fingerprint density at radius 1 is 0.846 bits per heavy atom. The monoisotopic (exact) mass is 343 g/mol. The maximum Gasteiger partial charge on any atom is 0.238 e. The lowest BCUT2D eigenvalue weighted by Gasteiger charge is -2.18. The lowest BCUT2D eigenvalue weighted by atomic mass is 9.89. The summed E-state index contributed by atoms with van der Waals surface area (Å²) < 4.78 is 0. The molecule has 4 rings (SSSR count). The van der Waals surface area contributed by atoms with E-state index in [-0.39, 0.29) is 35.5 Å². The Bertz CT molecular complexity index is 856. The molecule has 4 atom stereocenters. The van der Waals surface area contributed by atoms with Gasteiger partial charge in [0, 0.05) is 0 Å². The van der Waals surface area contributed by atoms with Gasteiger partial charge in [-0.2, -0.15) is 0 Å². The van der Waals surface area contributed by atoms with Crippen LogP contribution in [0.3, 0.4) is 0 Å². The summed E-state index contributed by atoms with van der Waals surface area (Å²) in [6, 6.07) is 19.2. The number of benzene rings is 2. The summed E-state index contributed by atoms with van der Waals surface area (Å²) in [6.07, 6.45) is 6.78. The Hall–Kier alpha value is -2.94. The SMILES string of the molecule is C=C[C@H]1C[C@@H](/C=C\c2ccccc2)[C@@H]2C(=O)N(c3ccccc3)C(=O)[C@@H]21. The number of carbonyl (C=O) groups excluding carboxylic acids is 2. The van der Waals surface area contributed by atoms with Gasteiger partial charge in [0.05, 0.1) is 17.5 Å². The van der Waals surface area contributed by atoms with Crippen molar-refractivity contribution in [3.8, 4) is 0 Å². The normalized spacial score (nSPS) is 27.9. The van der Waals surface area contributed by atoms with E-state index in [2.05, 4.69) is 18.7 Å². The molecule has 0 unspecified atom stereocenters. The van der Waals surface area contributed by atoms with Gasteiger partial charge < -0.3 is 0 Å². The van der Waals surface area contributed by atoms with Crippen molar-refractivity contribution in [1.29, 1.82) is 0 Å². The topological polar surface area (TPSA) is 37.4 Å². The second kappa shape index (κ2) is 6.75. The maximum atomic E-state index is 13.1. The molecule has 2 amide bonds. The van der Waals surface area contributed by atoms with Crippen LogP contribution in [-0.4, -0.2) is 11.8 Å². The van der Waals surface area contributed by atoms with Crippen molar-refractivity contribution < 1.29 is 9.59 Å². The van der Waals surface area contributed by atoms with Crippen LogP contribution in [0.4, 0.5) is 5.69 Å². The number of hydrogen-bond donors (Lipinski definition) is 0. The van der Waals surface area contributed by atoms with Crippen molar-refractivity contribution in [1.82, 2.24) is 0 Å². The zero-order chi connectivity index (χ0) is 18.1. The zero-order valence-electron chi connectivity index (χ0n) is 14.5. The molecule has 2 aliphatic rings. The minimum Gasteiger partial charge on any atom is -0.274 e. The fraction of sp³-hybridized carbons (Fsp3) is 0.217. The third-order valence-electron chi connectivity index (χ3n) is 5.52. The summed E-state index contributed by atoms with van der Waals surface area (Å²) in [4.78, 5) is 27.5. The van der Waals surface area contributed by atoms with E-state index >= 15 is 0 Å². The summed E-state index contributed by atoms with van der Waals surface area (Å²) >= 11 is 0. The molecule has 0 aromatic heterocycles. The summed E-state index contributed by atoms with van der Waals surface area (Å²) in [6.45, 7) is 3.91. The molecule has 0 bridgehead atoms. The van der Waals surface area contributed by atoms with E-state index in [0.29, 0.717) is 5.69 Å². The lowest BCUT2D eigenvalue weighted by molar-refractivity contribution is -0.123. The molecule has 3 heteroatoms. The number of nitrogens with zero attached hydrogens (tertiary/aromatic N) is 1. The van der Waals surface area contributed by atoms with Crippen molar-refractivity contribution in [2.75, 3.05) is 4.90 Å². The van der Waals surface area contributed by atoms with E-state index in [1.807, 2.05) is 66.7 Å². The minimum atomic E-state index is -0.300. The summed E-state index contributed by atoms with van der Waals surface area (Å²) in [5.41, 5.74) is 1.76. The highest BCUT2D eigenvalue weighted by atomic mass is 16.2. The van der Waals surface area contributed by atoms with Gasteiger partial charge in [-0.15, -0.1) is 6.58 Å². The van der Waals surface area contributed by atoms with Gasteiger partial charge in [-0.25, -0.2) is 0 Å². The summed E-state index contributed by atoms with van der Waals surface area (Å²) in [5, 5.41) is 0. The molecule has 2 fully saturated rings. The molecule has 0 spiro atoms. The number of amides is 2. The summed E-state index contributed by atoms with van der Waals surface area (Å²) in [7, 11) is 0. The fourth-order valence-corrected chi connectivity index (χ4v) is 4.29. The van der Waals surface area contributed by atoms with Crippen LogP contribution in [0.15, 0.2) is 79.4 Å². The van der Waals surface area contributed by atoms with Crippen LogP contribution in [-0.2, 0) is 9.59 Å². The van der Waals surface area contributed by atoms with Gasteiger partial charge in [0.15, 0.2) is 0 Å². The predicted octanol–water partition coefficient (Wildman–Crippen LogP) is 4.33. The molecule has 26 heavy (non-hydrogen) atoms. The van der Waals surface area contributed by atoms with Crippen LogP contribution in [0.5, 0.6) is 0 Å². The van der Waals surface area contributed by atoms with Crippen molar-refractivity contribution >= 4 is 23.6 Å². The molecule has 1 saturated heterocycles. The van der Waals surface area contributed by atoms with Gasteiger partial charge in [0.25, 0.3) is 0 Å². The number of anilines is 1. The lowest BCUT2D eigenvalue weighted by Crippen LogP contribution is -2.33. The number of allylic oxidation sites excluding steroid dienone is 2. The molecule has 2 aromatic carbocycles. The first-order valence-electron chi connectivity index (χ1n) is 8.99. The van der Waals surface area contributed by atoms with Crippen LogP contribution < -0.4 is 4.90 Å². The number of hydrogen-bond acceptors (Lipinski definition) is 2. The number of carbonyl (C=O) groups is 2. The van der Waals surface area contributed by atoms with Crippen LogP contribution >= 0.6 is 0 Å². The van der Waals surface area contributed by atoms with Crippen molar-refractivity contribution in [2.24, 2.45) is 23.7 Å². The first-order chi connectivity index (χ1) is 12.7. The first kappa shape index (κ1) is 16.5. The average Bonchev–Trinajstić information content (AvgIpc) is 3.18. The molecule has 1 heterocycles. The van der Waals surface area contributed by atoms with E-state index in [1.54, 1.807) is 0 Å². The second-order valence-corrected chi connectivity index (χ2v) is 6.97. The molecule has 1 saturated carbocycles. The highest BCUT2D eigenvalue weighted by molar-refractivity contribution is 6.22. The van der Waals surface area contributed by atoms with E-state index in [1.165, 1.54) is 4.90 Å². The average molecular weight is 343 g/mol. The van der Waals surface area contributed by atoms with Gasteiger partial charge in [0.2, 0.25) is 11.8 Å². The molecule has 3 nitrogen and oxygen atoms in total. The quantitative estimate of drug-likeness (QED) is 0.612. The van der Waals surface area contributed by atoms with Crippen LogP contribution in [0.1, 0.15) is 12.0 Å². The Labute approximate surface area is 153 Å². The smallest absolute Gasteiger partial charge is 0.238 e. The van der Waals surface area contributed by atoms with Crippen molar-refractivity contribution in [2.45, 2.75) is 6.42 Å². The maximum absolute atomic E-state index is 13.1. The third-order valence-corrected chi connectivity index (χ3v) is 5.52. The molecular formula is C23H21NO2. The van der Waals surface area contributed by atoms with Gasteiger partial charge in [-0.05, 0) is 36.0 Å². The zero-order valence-corrected chi connectivity index (χ0v) is 14.5. The number of fused-ring (bicyclic) bond motifs is 1. The molecule has 0 N–H and O–H groups in total. The van der Waals surface area contributed by atoms with Crippen molar-refractivity contribution in [3.63, 3.8) is 0 Å². The summed E-state index contributed by atoms with van der Waals surface area (Å²) in [5.74, 6) is -0.690. The Morgan fingerprint density at radius 2 is 1.42 bits per heavy atom. The van der Waals surface area contributed by atoms with Crippen LogP contribution in [0.2, 0.25) is 0 Å². The van der Waals surface area contributed by atoms with E-state index in [4.69, 9.17) is 0 Å². The van der Waals surface area contributed by atoms with Crippen LogP contribution in [0.25, 0.3) is 6.08 Å². The molecule has 2 aromatic rings. The highest BCUT2D eigenvalue weighted by Gasteiger charge is 2.57. The number of imide groups is 1. The van der Waals surface area contributed by atoms with Gasteiger partial charge >= 0.3 is 0 Å². The van der Waals surface area contributed by atoms with Gasteiger partial charge in [-0.1, -0.05) is 66.8 Å². The largest absolute Gasteiger partial charge is 0.274 e. The third kappa shape index (κ3) is 2.70. The van der Waals surface area contributed by atoms with E-state index in [9.17, 15) is 9.59 Å². The van der Waals surface area contributed by atoms with E-state index < -0.39 is 0 Å². The molecular weight excluding hydrogens is 322 g/mol. The fourth-order valence-electron chi connectivity index (χ4n) is 4.29. The number of rotatable bonds is 4. The number of para-hydroxylation sites is 1. The highest BCUT2D eigenvalue weighted by Crippen LogP contribution is 2.49. The standard InChI is InChI=1S/C23H21NO2/c1-2-17-15-18(14-13-16-9-5-3-6-10-16)21-20(17)22(25)24(23(21)26)19-11-7-4-8-12-19/h2-14,17-18,20-21H,1,15H2/b14-13-/t17-,18+,20+,21-/m0/s1. The molecule has 1 aliphatic carbocycles. The Balaban J connectivity index is 1.66. The molecule has 0 radical (unpaired) electrons. The van der Waals surface area contributed by atoms with Gasteiger partial charge in [-0.3, -0.25) is 14.5 Å². The van der Waals surface area contributed by atoms with Crippen LogP contribution in [0, 0.1) is 23.7 Å². The predicted molar refractivity (Wildman–Crippen MR) is 103 cm³/mol. The van der Waals surface area contributed by atoms with E-state index in [0.717, 1.165) is 12.0 Å². The molecule has 130 valence electrons. The molecule has 1 aliphatic heterocycles. The second-order valence-electron chi connectivity index (χ2n) is 6.97. The Morgan fingerprint density at radius 3 is 2.04 bits per heavy atom.